The van der Waals surface area contributed by atoms with Gasteiger partial charge in [0.15, 0.2) is 0 Å². The van der Waals surface area contributed by atoms with E-state index in [1.54, 1.807) is 24.3 Å². The number of hydrogen-bond donors (Lipinski definition) is 0. The maximum atomic E-state index is 13.6. The van der Waals surface area contributed by atoms with E-state index in [-0.39, 0.29) is 31.1 Å². The van der Waals surface area contributed by atoms with Gasteiger partial charge in [0.2, 0.25) is 0 Å². The molecule has 0 aliphatic heterocycles. The standard InChI is InChI=1S/C68H64O9.2CH4/c1-44-42-50(28-38-60(44)76-63(70)74-53-32-22-47(23-33-53)66(6,7)8)68(58-18-12-10-16-56(58)57-17-11-13-19-59(57)68)51-29-39-61(45(2)43-51)77-64(71)75-55-36-26-49(27-37-55)67(40-14-9-15-41-67)48-24-34-54(35-25-48)73-62(69)72-52-30-20-46(21-31-52)65(3,4)5;;/h10-13,16-39,42-43H,9,14-15,40-41H2,1-8H3;2*1H4. The smallest absolute Gasteiger partial charge is 0.395 e. The van der Waals surface area contributed by atoms with E-state index in [2.05, 4.69) is 102 Å². The molecule has 0 bridgehead atoms. The van der Waals surface area contributed by atoms with Gasteiger partial charge in [-0.3, -0.25) is 0 Å². The number of benzene rings is 8. The molecule has 0 heterocycles. The Morgan fingerprint density at radius 3 is 1.04 bits per heavy atom. The molecule has 8 aromatic carbocycles. The summed E-state index contributed by atoms with van der Waals surface area (Å²) in [5.74, 6) is 2.33. The van der Waals surface area contributed by atoms with Gasteiger partial charge in [0.1, 0.15) is 34.5 Å². The van der Waals surface area contributed by atoms with Gasteiger partial charge in [0.05, 0.1) is 5.41 Å². The molecule has 0 unspecified atom stereocenters. The molecular formula is C70H72O9. The Balaban J connectivity index is 0.00000411. The maximum absolute atomic E-state index is 13.6. The average Bonchev–Trinajstić information content (AvgIpc) is 3.98. The predicted molar refractivity (Wildman–Crippen MR) is 314 cm³/mol. The Labute approximate surface area is 466 Å². The van der Waals surface area contributed by atoms with Crippen LogP contribution < -0.4 is 28.4 Å². The molecular weight excluding hydrogens is 985 g/mol. The number of hydrogen-bond acceptors (Lipinski definition) is 9. The van der Waals surface area contributed by atoms with Crippen LogP contribution in [-0.4, -0.2) is 18.5 Å². The summed E-state index contributed by atoms with van der Waals surface area (Å²) in [5.41, 5.74) is 11.2. The fourth-order valence-corrected chi connectivity index (χ4v) is 11.3. The minimum atomic E-state index is -0.852. The molecule has 9 nitrogen and oxygen atoms in total. The van der Waals surface area contributed by atoms with Gasteiger partial charge < -0.3 is 28.4 Å². The monoisotopic (exact) mass is 1060 g/mol. The SMILES string of the molecule is C.C.Cc1cc(C2(c3ccc(OC(=O)Oc4ccc(C5(c6ccc(OC(=O)Oc7ccc(C(C)(C)C)cc7)cc6)CCCCC5)cc4)c(C)c3)c3ccccc3-c3ccccc32)ccc1OC(=O)Oc1ccc(C(C)(C)C)cc1. The quantitative estimate of drug-likeness (QED) is 0.0977. The highest BCUT2D eigenvalue weighted by molar-refractivity contribution is 5.86. The highest BCUT2D eigenvalue weighted by atomic mass is 16.7. The Kier molecular flexibility index (Phi) is 16.4. The van der Waals surface area contributed by atoms with Crippen LogP contribution in [0.25, 0.3) is 11.1 Å². The largest absolute Gasteiger partial charge is 0.519 e. The second-order valence-corrected chi connectivity index (χ2v) is 22.4. The van der Waals surface area contributed by atoms with Crippen molar-refractivity contribution in [2.75, 3.05) is 0 Å². The van der Waals surface area contributed by atoms with Crippen LogP contribution in [0.4, 0.5) is 14.4 Å². The van der Waals surface area contributed by atoms with Crippen LogP contribution in [0, 0.1) is 13.8 Å². The Morgan fingerprint density at radius 1 is 0.380 bits per heavy atom. The number of rotatable bonds is 10. The molecule has 0 amide bonds. The number of aryl methyl sites for hydroxylation is 2. The van der Waals surface area contributed by atoms with E-state index in [1.165, 1.54) is 0 Å². The molecule has 9 heteroatoms. The van der Waals surface area contributed by atoms with Crippen LogP contribution in [0.15, 0.2) is 182 Å². The van der Waals surface area contributed by atoms with E-state index in [1.807, 2.05) is 111 Å². The van der Waals surface area contributed by atoms with E-state index in [0.29, 0.717) is 34.5 Å². The molecule has 2 aliphatic rings. The topological polar surface area (TPSA) is 107 Å². The first-order valence-electron chi connectivity index (χ1n) is 26.4. The van der Waals surface area contributed by atoms with E-state index in [0.717, 1.165) is 98.9 Å². The zero-order valence-corrected chi connectivity index (χ0v) is 45.0. The number of carbonyl (C=O) groups excluding carboxylic acids is 3. The van der Waals surface area contributed by atoms with E-state index < -0.39 is 23.9 Å². The molecule has 2 aliphatic carbocycles. The molecule has 1 fully saturated rings. The molecule has 79 heavy (non-hydrogen) atoms. The summed E-state index contributed by atoms with van der Waals surface area (Å²) < 4.78 is 34.2. The Morgan fingerprint density at radius 2 is 0.696 bits per heavy atom. The van der Waals surface area contributed by atoms with Gasteiger partial charge in [-0.2, -0.15) is 0 Å². The fraction of sp³-hybridized carbons (Fsp3) is 0.271. The van der Waals surface area contributed by atoms with Crippen molar-refractivity contribution in [3.63, 3.8) is 0 Å². The average molecular weight is 1060 g/mol. The molecule has 0 N–H and O–H groups in total. The zero-order chi connectivity index (χ0) is 54.1. The van der Waals surface area contributed by atoms with Crippen molar-refractivity contribution >= 4 is 18.5 Å². The number of fused-ring (bicyclic) bond motifs is 3. The van der Waals surface area contributed by atoms with Gasteiger partial charge in [-0.1, -0.05) is 197 Å². The predicted octanol–water partition coefficient (Wildman–Crippen LogP) is 18.5. The molecule has 0 saturated heterocycles. The minimum Gasteiger partial charge on any atom is -0.395 e. The lowest BCUT2D eigenvalue weighted by Crippen LogP contribution is -2.30. The molecule has 0 radical (unpaired) electrons. The van der Waals surface area contributed by atoms with Crippen LogP contribution in [-0.2, 0) is 21.7 Å². The van der Waals surface area contributed by atoms with Gasteiger partial charge in [-0.05, 0) is 165 Å². The normalized spacial score (nSPS) is 14.0. The van der Waals surface area contributed by atoms with E-state index >= 15 is 0 Å². The van der Waals surface area contributed by atoms with Crippen molar-refractivity contribution in [2.24, 2.45) is 0 Å². The lowest BCUT2D eigenvalue weighted by Gasteiger charge is -2.38. The molecule has 10 rings (SSSR count). The van der Waals surface area contributed by atoms with Crippen LogP contribution in [0.5, 0.6) is 34.5 Å². The van der Waals surface area contributed by atoms with Crippen LogP contribution in [0.2, 0.25) is 0 Å². The van der Waals surface area contributed by atoms with E-state index in [9.17, 15) is 14.4 Å². The Bertz CT molecular complexity index is 3420. The number of carbonyl (C=O) groups is 3. The summed E-state index contributed by atoms with van der Waals surface area (Å²) in [4.78, 5) is 39.5. The van der Waals surface area contributed by atoms with Gasteiger partial charge in [0.25, 0.3) is 0 Å². The van der Waals surface area contributed by atoms with Gasteiger partial charge in [0, 0.05) is 5.41 Å². The van der Waals surface area contributed by atoms with Gasteiger partial charge in [-0.25, -0.2) is 14.4 Å². The summed E-state index contributed by atoms with van der Waals surface area (Å²) in [6, 6.07) is 58.9. The van der Waals surface area contributed by atoms with Crippen molar-refractivity contribution in [2.45, 2.75) is 124 Å². The van der Waals surface area contributed by atoms with Crippen molar-refractivity contribution in [1.82, 2.24) is 0 Å². The second kappa shape index (κ2) is 22.9. The van der Waals surface area contributed by atoms with Crippen LogP contribution in [0.3, 0.4) is 0 Å². The molecule has 0 atom stereocenters. The zero-order valence-electron chi connectivity index (χ0n) is 45.0. The van der Waals surface area contributed by atoms with Crippen molar-refractivity contribution in [1.29, 1.82) is 0 Å². The Hall–Kier alpha value is -8.43. The fourth-order valence-electron chi connectivity index (χ4n) is 11.3. The van der Waals surface area contributed by atoms with E-state index in [4.69, 9.17) is 28.4 Å². The third-order valence-electron chi connectivity index (χ3n) is 15.3. The van der Waals surface area contributed by atoms with Gasteiger partial charge >= 0.3 is 18.5 Å². The molecule has 0 aromatic heterocycles. The molecule has 0 spiro atoms. The number of ether oxygens (including phenoxy) is 6. The van der Waals surface area contributed by atoms with Crippen molar-refractivity contribution in [3.8, 4) is 45.6 Å². The van der Waals surface area contributed by atoms with Crippen LogP contribution in [0.1, 0.15) is 144 Å². The van der Waals surface area contributed by atoms with Gasteiger partial charge in [-0.15, -0.1) is 0 Å². The highest BCUT2D eigenvalue weighted by Gasteiger charge is 2.46. The first-order valence-corrected chi connectivity index (χ1v) is 26.4. The lowest BCUT2D eigenvalue weighted by atomic mass is 9.65. The van der Waals surface area contributed by atoms with Crippen molar-refractivity contribution < 1.29 is 42.8 Å². The maximum Gasteiger partial charge on any atom is 0.519 e. The lowest BCUT2D eigenvalue weighted by molar-refractivity contribution is 0.150. The summed E-state index contributed by atoms with van der Waals surface area (Å²) in [6.07, 6.45) is 2.69. The summed E-state index contributed by atoms with van der Waals surface area (Å²) in [5, 5.41) is 0. The minimum absolute atomic E-state index is 0. The summed E-state index contributed by atoms with van der Waals surface area (Å²) >= 11 is 0. The van der Waals surface area contributed by atoms with Crippen molar-refractivity contribution in [3.05, 3.63) is 238 Å². The molecule has 1 saturated carbocycles. The second-order valence-electron chi connectivity index (χ2n) is 22.4. The molecule has 8 aromatic rings. The van der Waals surface area contributed by atoms with Crippen LogP contribution >= 0.6 is 0 Å². The highest BCUT2D eigenvalue weighted by Crippen LogP contribution is 2.57. The molecule has 406 valence electrons. The first-order chi connectivity index (χ1) is 36.9. The third-order valence-corrected chi connectivity index (χ3v) is 15.3. The summed E-state index contributed by atoms with van der Waals surface area (Å²) in [7, 11) is 0. The summed E-state index contributed by atoms with van der Waals surface area (Å²) in [6.45, 7) is 16.6. The third kappa shape index (κ3) is 11.6. The first kappa shape index (κ1) is 56.8.